The van der Waals surface area contributed by atoms with E-state index in [2.05, 4.69) is 28.2 Å². The summed E-state index contributed by atoms with van der Waals surface area (Å²) in [7, 11) is -0.858. The van der Waals surface area contributed by atoms with Gasteiger partial charge < -0.3 is 5.32 Å². The van der Waals surface area contributed by atoms with Crippen molar-refractivity contribution in [2.45, 2.75) is 24.7 Å². The van der Waals surface area contributed by atoms with Gasteiger partial charge in [0.05, 0.1) is 10.8 Å². The van der Waals surface area contributed by atoms with Crippen molar-refractivity contribution in [2.24, 2.45) is 0 Å². The van der Waals surface area contributed by atoms with Gasteiger partial charge in [-0.05, 0) is 50.2 Å². The molecule has 16 heavy (non-hydrogen) atoms. The first kappa shape index (κ1) is 13.9. The molecule has 4 heteroatoms. The van der Waals surface area contributed by atoms with Crippen LogP contribution < -0.4 is 5.32 Å². The van der Waals surface area contributed by atoms with Crippen LogP contribution in [-0.4, -0.2) is 23.1 Å². The molecule has 1 rings (SSSR count). The summed E-state index contributed by atoms with van der Waals surface area (Å²) in [5.74, 6) is 0.734. The van der Waals surface area contributed by atoms with Gasteiger partial charge in [0, 0.05) is 15.1 Å². The average molecular weight is 304 g/mol. The van der Waals surface area contributed by atoms with E-state index in [9.17, 15) is 4.21 Å². The summed E-state index contributed by atoms with van der Waals surface area (Å²) in [4.78, 5) is 0.915. The van der Waals surface area contributed by atoms with Crippen molar-refractivity contribution in [1.29, 1.82) is 0 Å². The lowest BCUT2D eigenvalue weighted by Crippen LogP contribution is -2.17. The fraction of sp³-hybridized carbons (Fsp3) is 0.500. The van der Waals surface area contributed by atoms with E-state index >= 15 is 0 Å². The van der Waals surface area contributed by atoms with Crippen LogP contribution in [0.25, 0.3) is 0 Å². The van der Waals surface area contributed by atoms with Gasteiger partial charge in [0.2, 0.25) is 0 Å². The predicted molar refractivity (Wildman–Crippen MR) is 73.2 cm³/mol. The molecule has 0 radical (unpaired) electrons. The number of nitrogens with one attached hydrogen (secondary N) is 1. The van der Waals surface area contributed by atoms with Crippen LogP contribution in [0.5, 0.6) is 0 Å². The van der Waals surface area contributed by atoms with Gasteiger partial charge in [0.1, 0.15) is 0 Å². The zero-order chi connectivity index (χ0) is 11.8. The van der Waals surface area contributed by atoms with Crippen molar-refractivity contribution in [3.63, 3.8) is 0 Å². The summed E-state index contributed by atoms with van der Waals surface area (Å²) in [5.41, 5.74) is 0. The smallest absolute Gasteiger partial charge is 0.0529 e. The van der Waals surface area contributed by atoms with E-state index in [1.54, 1.807) is 0 Å². The van der Waals surface area contributed by atoms with E-state index < -0.39 is 10.8 Å². The van der Waals surface area contributed by atoms with Crippen LogP contribution in [0.2, 0.25) is 0 Å². The molecule has 1 atom stereocenters. The second kappa shape index (κ2) is 7.98. The van der Waals surface area contributed by atoms with Gasteiger partial charge in [-0.15, -0.1) is 0 Å². The molecule has 0 aromatic heterocycles. The Balaban J connectivity index is 2.27. The van der Waals surface area contributed by atoms with Gasteiger partial charge in [-0.1, -0.05) is 22.9 Å². The Morgan fingerprint density at radius 3 is 2.56 bits per heavy atom. The molecule has 0 bridgehead atoms. The van der Waals surface area contributed by atoms with Crippen LogP contribution in [-0.2, 0) is 10.8 Å². The van der Waals surface area contributed by atoms with E-state index in [1.807, 2.05) is 24.3 Å². The number of hydrogen-bond acceptors (Lipinski definition) is 2. The lowest BCUT2D eigenvalue weighted by molar-refractivity contribution is 0.652. The second-order valence-corrected chi connectivity index (χ2v) is 6.09. The highest BCUT2D eigenvalue weighted by molar-refractivity contribution is 9.10. The van der Waals surface area contributed by atoms with Crippen LogP contribution in [0.4, 0.5) is 0 Å². The normalized spacial score (nSPS) is 12.6. The van der Waals surface area contributed by atoms with E-state index in [1.165, 1.54) is 0 Å². The molecule has 0 heterocycles. The van der Waals surface area contributed by atoms with Gasteiger partial charge in [-0.2, -0.15) is 0 Å². The minimum atomic E-state index is -0.858. The van der Waals surface area contributed by atoms with Gasteiger partial charge in [-0.3, -0.25) is 4.21 Å². The lowest BCUT2D eigenvalue weighted by atomic mass is 10.4. The summed E-state index contributed by atoms with van der Waals surface area (Å²) in [6.07, 6.45) is 2.11. The Morgan fingerprint density at radius 2 is 1.94 bits per heavy atom. The highest BCUT2D eigenvalue weighted by Crippen LogP contribution is 2.13. The van der Waals surface area contributed by atoms with Crippen LogP contribution >= 0.6 is 15.9 Å². The third-order valence-corrected chi connectivity index (χ3v) is 4.17. The van der Waals surface area contributed by atoms with E-state index in [0.29, 0.717) is 0 Å². The monoisotopic (exact) mass is 303 g/mol. The van der Waals surface area contributed by atoms with E-state index in [0.717, 1.165) is 41.1 Å². The van der Waals surface area contributed by atoms with Crippen molar-refractivity contribution in [3.8, 4) is 0 Å². The molecular formula is C12H18BrNOS. The van der Waals surface area contributed by atoms with E-state index in [4.69, 9.17) is 0 Å². The second-order valence-electron chi connectivity index (χ2n) is 3.61. The largest absolute Gasteiger partial charge is 0.317 e. The Hall–Kier alpha value is -0.190. The van der Waals surface area contributed by atoms with Crippen molar-refractivity contribution in [1.82, 2.24) is 5.32 Å². The molecule has 0 saturated carbocycles. The molecule has 0 aliphatic heterocycles. The Labute approximate surface area is 108 Å². The molecule has 0 aliphatic rings. The highest BCUT2D eigenvalue weighted by Gasteiger charge is 2.02. The minimum absolute atomic E-state index is 0.734. The third-order valence-electron chi connectivity index (χ3n) is 2.19. The topological polar surface area (TPSA) is 29.1 Å². The molecule has 1 aromatic rings. The average Bonchev–Trinajstić information content (AvgIpc) is 2.29. The van der Waals surface area contributed by atoms with Gasteiger partial charge in [0.25, 0.3) is 0 Å². The van der Waals surface area contributed by atoms with Crippen molar-refractivity contribution < 1.29 is 4.21 Å². The van der Waals surface area contributed by atoms with Crippen LogP contribution in [0.1, 0.15) is 19.8 Å². The summed E-state index contributed by atoms with van der Waals surface area (Å²) < 4.78 is 12.9. The molecule has 0 aliphatic carbocycles. The number of benzene rings is 1. The number of halogens is 1. The van der Waals surface area contributed by atoms with Gasteiger partial charge in [0.15, 0.2) is 0 Å². The quantitative estimate of drug-likeness (QED) is 0.785. The SMILES string of the molecule is CCCNCCCS(=O)c1ccc(Br)cc1. The molecule has 90 valence electrons. The molecule has 2 nitrogen and oxygen atoms in total. The molecule has 0 spiro atoms. The fourth-order valence-electron chi connectivity index (χ4n) is 1.33. The van der Waals surface area contributed by atoms with Crippen LogP contribution in [0.15, 0.2) is 33.6 Å². The molecule has 0 saturated heterocycles. The highest BCUT2D eigenvalue weighted by atomic mass is 79.9. The Morgan fingerprint density at radius 1 is 1.25 bits per heavy atom. The molecule has 1 unspecified atom stereocenters. The fourth-order valence-corrected chi connectivity index (χ4v) is 2.68. The number of rotatable bonds is 7. The Kier molecular flexibility index (Phi) is 6.92. The summed E-state index contributed by atoms with van der Waals surface area (Å²) in [6, 6.07) is 7.70. The summed E-state index contributed by atoms with van der Waals surface area (Å²) >= 11 is 3.37. The van der Waals surface area contributed by atoms with Crippen molar-refractivity contribution in [3.05, 3.63) is 28.7 Å². The molecule has 0 amide bonds. The molecule has 1 N–H and O–H groups in total. The number of hydrogen-bond donors (Lipinski definition) is 1. The standard InChI is InChI=1S/C12H18BrNOS/c1-2-8-14-9-3-10-16(15)12-6-4-11(13)5-7-12/h4-7,14H,2-3,8-10H2,1H3. The Bertz CT molecular complexity index is 326. The van der Waals surface area contributed by atoms with Crippen LogP contribution in [0.3, 0.4) is 0 Å². The first-order valence-corrected chi connectivity index (χ1v) is 7.70. The third kappa shape index (κ3) is 5.23. The molecule has 0 fully saturated rings. The van der Waals surface area contributed by atoms with Crippen molar-refractivity contribution >= 4 is 26.7 Å². The van der Waals surface area contributed by atoms with Gasteiger partial charge in [-0.25, -0.2) is 0 Å². The first-order chi connectivity index (χ1) is 7.74. The maximum absolute atomic E-state index is 11.9. The predicted octanol–water partition coefficient (Wildman–Crippen LogP) is 2.95. The van der Waals surface area contributed by atoms with Crippen molar-refractivity contribution in [2.75, 3.05) is 18.8 Å². The molecular weight excluding hydrogens is 286 g/mol. The summed E-state index contributed by atoms with van der Waals surface area (Å²) in [5, 5.41) is 3.31. The minimum Gasteiger partial charge on any atom is -0.317 e. The zero-order valence-electron chi connectivity index (χ0n) is 9.54. The first-order valence-electron chi connectivity index (χ1n) is 5.58. The van der Waals surface area contributed by atoms with Gasteiger partial charge >= 0.3 is 0 Å². The maximum atomic E-state index is 11.9. The van der Waals surface area contributed by atoms with Crippen LogP contribution in [0, 0.1) is 0 Å². The maximum Gasteiger partial charge on any atom is 0.0529 e. The lowest BCUT2D eigenvalue weighted by Gasteiger charge is -2.04. The zero-order valence-corrected chi connectivity index (χ0v) is 11.9. The van der Waals surface area contributed by atoms with E-state index in [-0.39, 0.29) is 0 Å². The summed E-state index contributed by atoms with van der Waals surface area (Å²) in [6.45, 7) is 4.15. The molecule has 1 aromatic carbocycles.